The van der Waals surface area contributed by atoms with Crippen molar-refractivity contribution in [2.75, 3.05) is 0 Å². The number of hydrogen-bond acceptors (Lipinski definition) is 1. The molecule has 0 amide bonds. The standard InChI is InChI=1S/C17H19F2N/c18-15-10-9-14(17(19)12-15)11-16(20)8-4-7-13-5-2-1-3-6-13/h1-3,5-6,9-10,12,16H,4,7-8,11,20H2. The highest BCUT2D eigenvalue weighted by Crippen LogP contribution is 2.13. The number of rotatable bonds is 6. The Morgan fingerprint density at radius 1 is 1.00 bits per heavy atom. The average Bonchev–Trinajstić information content (AvgIpc) is 2.43. The van der Waals surface area contributed by atoms with Crippen molar-refractivity contribution in [1.82, 2.24) is 0 Å². The molecule has 0 bridgehead atoms. The lowest BCUT2D eigenvalue weighted by Gasteiger charge is -2.12. The van der Waals surface area contributed by atoms with E-state index < -0.39 is 11.6 Å². The van der Waals surface area contributed by atoms with Gasteiger partial charge in [0.1, 0.15) is 11.6 Å². The van der Waals surface area contributed by atoms with Crippen LogP contribution in [0.2, 0.25) is 0 Å². The lowest BCUT2D eigenvalue weighted by molar-refractivity contribution is 0.539. The van der Waals surface area contributed by atoms with E-state index in [1.165, 1.54) is 17.7 Å². The molecule has 2 N–H and O–H groups in total. The normalized spacial score (nSPS) is 12.3. The van der Waals surface area contributed by atoms with Crippen molar-refractivity contribution in [3.63, 3.8) is 0 Å². The second-order valence-corrected chi connectivity index (χ2v) is 5.08. The summed E-state index contributed by atoms with van der Waals surface area (Å²) in [6, 6.07) is 13.8. The first-order valence-corrected chi connectivity index (χ1v) is 6.88. The molecule has 2 aromatic carbocycles. The summed E-state index contributed by atoms with van der Waals surface area (Å²) in [4.78, 5) is 0. The second-order valence-electron chi connectivity index (χ2n) is 5.08. The largest absolute Gasteiger partial charge is 0.327 e. The van der Waals surface area contributed by atoms with E-state index in [1.54, 1.807) is 0 Å². The summed E-state index contributed by atoms with van der Waals surface area (Å²) in [5.41, 5.74) is 7.79. The topological polar surface area (TPSA) is 26.0 Å². The molecule has 0 aromatic heterocycles. The minimum atomic E-state index is -0.552. The van der Waals surface area contributed by atoms with E-state index >= 15 is 0 Å². The van der Waals surface area contributed by atoms with Gasteiger partial charge in [-0.05, 0) is 42.9 Å². The van der Waals surface area contributed by atoms with Crippen molar-refractivity contribution in [1.29, 1.82) is 0 Å². The van der Waals surface area contributed by atoms with Crippen LogP contribution in [0.15, 0.2) is 48.5 Å². The average molecular weight is 275 g/mol. The molecular weight excluding hydrogens is 256 g/mol. The van der Waals surface area contributed by atoms with Gasteiger partial charge in [-0.25, -0.2) is 8.78 Å². The van der Waals surface area contributed by atoms with Crippen LogP contribution in [0.25, 0.3) is 0 Å². The Morgan fingerprint density at radius 2 is 1.75 bits per heavy atom. The molecule has 1 nitrogen and oxygen atoms in total. The summed E-state index contributed by atoms with van der Waals surface area (Å²) in [6.45, 7) is 0. The summed E-state index contributed by atoms with van der Waals surface area (Å²) in [6.07, 6.45) is 3.21. The smallest absolute Gasteiger partial charge is 0.129 e. The summed E-state index contributed by atoms with van der Waals surface area (Å²) < 4.78 is 26.3. The van der Waals surface area contributed by atoms with Crippen LogP contribution < -0.4 is 5.73 Å². The van der Waals surface area contributed by atoms with E-state index in [9.17, 15) is 8.78 Å². The van der Waals surface area contributed by atoms with E-state index in [1.807, 2.05) is 18.2 Å². The molecule has 0 aliphatic carbocycles. The Labute approximate surface area is 118 Å². The van der Waals surface area contributed by atoms with Crippen molar-refractivity contribution >= 4 is 0 Å². The predicted molar refractivity (Wildman–Crippen MR) is 77.4 cm³/mol. The lowest BCUT2D eigenvalue weighted by atomic mass is 9.99. The van der Waals surface area contributed by atoms with Crippen LogP contribution in [0.3, 0.4) is 0 Å². The maximum atomic E-state index is 13.5. The molecule has 3 heteroatoms. The van der Waals surface area contributed by atoms with Crippen LogP contribution in [0.5, 0.6) is 0 Å². The zero-order chi connectivity index (χ0) is 14.4. The second kappa shape index (κ2) is 7.15. The van der Waals surface area contributed by atoms with Gasteiger partial charge >= 0.3 is 0 Å². The van der Waals surface area contributed by atoms with E-state index in [-0.39, 0.29) is 6.04 Å². The maximum Gasteiger partial charge on any atom is 0.129 e. The molecule has 0 radical (unpaired) electrons. The SMILES string of the molecule is NC(CCCc1ccccc1)Cc1ccc(F)cc1F. The van der Waals surface area contributed by atoms with E-state index in [0.717, 1.165) is 25.3 Å². The molecule has 2 aromatic rings. The van der Waals surface area contributed by atoms with Gasteiger partial charge in [0.05, 0.1) is 0 Å². The van der Waals surface area contributed by atoms with Crippen LogP contribution in [0.4, 0.5) is 8.78 Å². The van der Waals surface area contributed by atoms with Crippen molar-refractivity contribution in [3.05, 3.63) is 71.3 Å². The van der Waals surface area contributed by atoms with Crippen molar-refractivity contribution < 1.29 is 8.78 Å². The molecule has 2 rings (SSSR count). The number of hydrogen-bond donors (Lipinski definition) is 1. The molecule has 0 heterocycles. The molecule has 1 unspecified atom stereocenters. The monoisotopic (exact) mass is 275 g/mol. The molecule has 0 aliphatic rings. The van der Waals surface area contributed by atoms with Crippen LogP contribution in [0.1, 0.15) is 24.0 Å². The fraction of sp³-hybridized carbons (Fsp3) is 0.294. The summed E-state index contributed by atoms with van der Waals surface area (Å²) >= 11 is 0. The van der Waals surface area contributed by atoms with Gasteiger partial charge in [-0.3, -0.25) is 0 Å². The quantitative estimate of drug-likeness (QED) is 0.851. The highest BCUT2D eigenvalue weighted by Gasteiger charge is 2.09. The third-order valence-corrected chi connectivity index (χ3v) is 3.38. The first kappa shape index (κ1) is 14.7. The first-order chi connectivity index (χ1) is 9.65. The molecule has 20 heavy (non-hydrogen) atoms. The number of nitrogens with two attached hydrogens (primary N) is 1. The Bertz CT molecular complexity index is 540. The molecule has 1 atom stereocenters. The van der Waals surface area contributed by atoms with Crippen molar-refractivity contribution in [3.8, 4) is 0 Å². The van der Waals surface area contributed by atoms with Gasteiger partial charge in [-0.15, -0.1) is 0 Å². The summed E-state index contributed by atoms with van der Waals surface area (Å²) in [5.74, 6) is -1.06. The Morgan fingerprint density at radius 3 is 2.45 bits per heavy atom. The van der Waals surface area contributed by atoms with Crippen molar-refractivity contribution in [2.24, 2.45) is 5.73 Å². The van der Waals surface area contributed by atoms with Gasteiger partial charge in [0.15, 0.2) is 0 Å². The van der Waals surface area contributed by atoms with Crippen LogP contribution in [-0.2, 0) is 12.8 Å². The van der Waals surface area contributed by atoms with Crippen LogP contribution >= 0.6 is 0 Å². The van der Waals surface area contributed by atoms with Gasteiger partial charge in [-0.1, -0.05) is 36.4 Å². The molecule has 0 aliphatic heterocycles. The van der Waals surface area contributed by atoms with E-state index in [4.69, 9.17) is 5.73 Å². The lowest BCUT2D eigenvalue weighted by Crippen LogP contribution is -2.23. The zero-order valence-corrected chi connectivity index (χ0v) is 11.4. The Balaban J connectivity index is 1.79. The minimum absolute atomic E-state index is 0.0985. The first-order valence-electron chi connectivity index (χ1n) is 6.88. The highest BCUT2D eigenvalue weighted by molar-refractivity contribution is 5.19. The van der Waals surface area contributed by atoms with Crippen LogP contribution in [0, 0.1) is 11.6 Å². The van der Waals surface area contributed by atoms with Crippen molar-refractivity contribution in [2.45, 2.75) is 31.7 Å². The Kier molecular flexibility index (Phi) is 5.24. The maximum absolute atomic E-state index is 13.5. The molecule has 106 valence electrons. The summed E-state index contributed by atoms with van der Waals surface area (Å²) in [5, 5.41) is 0. The van der Waals surface area contributed by atoms with Gasteiger partial charge in [0, 0.05) is 12.1 Å². The molecule has 0 saturated heterocycles. The van der Waals surface area contributed by atoms with E-state index in [2.05, 4.69) is 12.1 Å². The molecule has 0 spiro atoms. The van der Waals surface area contributed by atoms with E-state index in [0.29, 0.717) is 12.0 Å². The third-order valence-electron chi connectivity index (χ3n) is 3.38. The molecule has 0 saturated carbocycles. The van der Waals surface area contributed by atoms with Crippen LogP contribution in [-0.4, -0.2) is 6.04 Å². The number of benzene rings is 2. The summed E-state index contributed by atoms with van der Waals surface area (Å²) in [7, 11) is 0. The van der Waals surface area contributed by atoms with Gasteiger partial charge in [0.2, 0.25) is 0 Å². The Hall–Kier alpha value is -1.74. The third kappa shape index (κ3) is 4.42. The highest BCUT2D eigenvalue weighted by atomic mass is 19.1. The number of halogens is 2. The predicted octanol–water partition coefficient (Wildman–Crippen LogP) is 3.86. The molecule has 0 fully saturated rings. The fourth-order valence-electron chi connectivity index (χ4n) is 2.28. The molecular formula is C17H19F2N. The number of aryl methyl sites for hydroxylation is 1. The minimum Gasteiger partial charge on any atom is -0.327 e. The fourth-order valence-corrected chi connectivity index (χ4v) is 2.28. The van der Waals surface area contributed by atoms with Gasteiger partial charge < -0.3 is 5.73 Å². The van der Waals surface area contributed by atoms with Gasteiger partial charge in [-0.2, -0.15) is 0 Å². The van der Waals surface area contributed by atoms with Gasteiger partial charge in [0.25, 0.3) is 0 Å². The zero-order valence-electron chi connectivity index (χ0n) is 11.4.